The molecule has 0 fully saturated rings. The average Bonchev–Trinajstić information content (AvgIpc) is 1.99. The molecule has 0 heterocycles. The summed E-state index contributed by atoms with van der Waals surface area (Å²) in [6, 6.07) is 0. The van der Waals surface area contributed by atoms with Crippen LogP contribution in [0.25, 0.3) is 0 Å². The van der Waals surface area contributed by atoms with Crippen LogP contribution < -0.4 is 0 Å². The lowest BCUT2D eigenvalue weighted by Gasteiger charge is -2.13. The van der Waals surface area contributed by atoms with Gasteiger partial charge in [0.05, 0.1) is 3.39 Å². The Morgan fingerprint density at radius 3 is 2.00 bits per heavy atom. The van der Waals surface area contributed by atoms with E-state index in [9.17, 15) is 0 Å². The van der Waals surface area contributed by atoms with Crippen molar-refractivity contribution >= 4 is 31.9 Å². The van der Waals surface area contributed by atoms with E-state index in [2.05, 4.69) is 31.9 Å². The Morgan fingerprint density at radius 1 is 1.27 bits per heavy atom. The van der Waals surface area contributed by atoms with E-state index in [0.29, 0.717) is 0 Å². The van der Waals surface area contributed by atoms with Crippen molar-refractivity contribution in [3.05, 3.63) is 8.96 Å². The van der Waals surface area contributed by atoms with E-state index in [1.807, 2.05) is 6.92 Å². The maximum Gasteiger partial charge on any atom is 0.160 e. The molecule has 0 amide bonds. The van der Waals surface area contributed by atoms with Gasteiger partial charge in [0.2, 0.25) is 0 Å². The van der Waals surface area contributed by atoms with Crippen molar-refractivity contribution in [2.45, 2.75) is 19.6 Å². The fourth-order valence-electron chi connectivity index (χ4n) is 0.590. The van der Waals surface area contributed by atoms with Crippen molar-refractivity contribution < 1.29 is 9.47 Å². The quantitative estimate of drug-likeness (QED) is 0.740. The van der Waals surface area contributed by atoms with Crippen molar-refractivity contribution in [1.82, 2.24) is 0 Å². The number of hydrogen-bond acceptors (Lipinski definition) is 2. The van der Waals surface area contributed by atoms with Gasteiger partial charge in [-0.3, -0.25) is 0 Å². The molecule has 0 rings (SSSR count). The van der Waals surface area contributed by atoms with Crippen LogP contribution in [0.1, 0.15) is 13.3 Å². The normalized spacial score (nSPS) is 10.4. The third-order valence-electron chi connectivity index (χ3n) is 1.32. The molecule has 0 radical (unpaired) electrons. The van der Waals surface area contributed by atoms with E-state index in [1.54, 1.807) is 14.2 Å². The molecule has 0 aromatic heterocycles. The number of ether oxygens (including phenoxy) is 2. The van der Waals surface area contributed by atoms with Crippen molar-refractivity contribution in [2.75, 3.05) is 14.2 Å². The first kappa shape index (κ1) is 11.6. The zero-order chi connectivity index (χ0) is 8.85. The van der Waals surface area contributed by atoms with Gasteiger partial charge in [-0.2, -0.15) is 0 Å². The minimum atomic E-state index is -0.153. The predicted octanol–water partition coefficient (Wildman–Crippen LogP) is 3.02. The largest absolute Gasteiger partial charge is 0.356 e. The summed E-state index contributed by atoms with van der Waals surface area (Å²) in [7, 11) is 3.26. The first-order valence-corrected chi connectivity index (χ1v) is 4.76. The van der Waals surface area contributed by atoms with Crippen LogP contribution in [0.15, 0.2) is 8.96 Å². The molecule has 0 aliphatic rings. The summed E-state index contributed by atoms with van der Waals surface area (Å²) < 4.78 is 11.0. The molecule has 0 unspecified atom stereocenters. The van der Waals surface area contributed by atoms with E-state index in [-0.39, 0.29) is 6.29 Å². The lowest BCUT2D eigenvalue weighted by Crippen LogP contribution is -2.12. The van der Waals surface area contributed by atoms with Gasteiger partial charge in [-0.25, -0.2) is 0 Å². The molecule has 66 valence electrons. The molecule has 0 saturated carbocycles. The highest BCUT2D eigenvalue weighted by molar-refractivity contribution is 9.28. The molecule has 0 atom stereocenters. The summed E-state index contributed by atoms with van der Waals surface area (Å²) in [4.78, 5) is 0. The molecule has 0 saturated heterocycles. The molecule has 0 spiro atoms. The van der Waals surface area contributed by atoms with Gasteiger partial charge in [0, 0.05) is 20.6 Å². The highest BCUT2D eigenvalue weighted by Crippen LogP contribution is 2.22. The summed E-state index contributed by atoms with van der Waals surface area (Å²) >= 11 is 6.62. The molecule has 0 N–H and O–H groups in total. The van der Waals surface area contributed by atoms with Gasteiger partial charge in [0.15, 0.2) is 6.29 Å². The van der Waals surface area contributed by atoms with Crippen LogP contribution in [-0.2, 0) is 9.47 Å². The van der Waals surface area contributed by atoms with Crippen LogP contribution in [-0.4, -0.2) is 20.5 Å². The molecule has 0 aliphatic heterocycles. The molecule has 0 aromatic carbocycles. The Labute approximate surface area is 84.2 Å². The Morgan fingerprint density at radius 2 is 1.73 bits per heavy atom. The van der Waals surface area contributed by atoms with Gasteiger partial charge in [-0.05, 0) is 44.4 Å². The monoisotopic (exact) mass is 286 g/mol. The third kappa shape index (κ3) is 4.95. The smallest absolute Gasteiger partial charge is 0.160 e. The standard InChI is InChI=1S/C7H12Br2O2/c1-5(7(8)9)4-6(10-2)11-3/h6H,4H2,1-3H3. The molecular formula is C7H12Br2O2. The molecule has 0 bridgehead atoms. The van der Waals surface area contributed by atoms with Crippen LogP contribution in [0.5, 0.6) is 0 Å². The Hall–Kier alpha value is 0.620. The van der Waals surface area contributed by atoms with E-state index in [1.165, 1.54) is 5.57 Å². The molecule has 4 heteroatoms. The Balaban J connectivity index is 3.91. The summed E-state index contributed by atoms with van der Waals surface area (Å²) in [5.74, 6) is 0. The maximum absolute atomic E-state index is 5.02. The van der Waals surface area contributed by atoms with E-state index >= 15 is 0 Å². The summed E-state index contributed by atoms with van der Waals surface area (Å²) in [5.41, 5.74) is 1.17. The highest BCUT2D eigenvalue weighted by atomic mass is 79.9. The number of methoxy groups -OCH3 is 2. The fraction of sp³-hybridized carbons (Fsp3) is 0.714. The summed E-state index contributed by atoms with van der Waals surface area (Å²) in [6.07, 6.45) is 0.610. The van der Waals surface area contributed by atoms with Crippen LogP contribution in [0.3, 0.4) is 0 Å². The Bertz CT molecular complexity index is 137. The number of rotatable bonds is 4. The van der Waals surface area contributed by atoms with Gasteiger partial charge in [0.1, 0.15) is 0 Å². The average molecular weight is 288 g/mol. The first-order valence-electron chi connectivity index (χ1n) is 3.18. The first-order chi connectivity index (χ1) is 5.11. The van der Waals surface area contributed by atoms with E-state index in [4.69, 9.17) is 9.47 Å². The lowest BCUT2D eigenvalue weighted by molar-refractivity contribution is -0.100. The number of hydrogen-bond donors (Lipinski definition) is 0. The fourth-order valence-corrected chi connectivity index (χ4v) is 0.914. The van der Waals surface area contributed by atoms with Crippen LogP contribution >= 0.6 is 31.9 Å². The van der Waals surface area contributed by atoms with Crippen molar-refractivity contribution in [2.24, 2.45) is 0 Å². The third-order valence-corrected chi connectivity index (χ3v) is 2.67. The zero-order valence-corrected chi connectivity index (χ0v) is 10.0. The Kier molecular flexibility index (Phi) is 6.52. The van der Waals surface area contributed by atoms with Gasteiger partial charge in [-0.1, -0.05) is 0 Å². The second-order valence-electron chi connectivity index (χ2n) is 2.15. The van der Waals surface area contributed by atoms with Gasteiger partial charge in [-0.15, -0.1) is 0 Å². The summed E-state index contributed by atoms with van der Waals surface area (Å²) in [6.45, 7) is 2.00. The van der Waals surface area contributed by atoms with Gasteiger partial charge in [0.25, 0.3) is 0 Å². The van der Waals surface area contributed by atoms with Gasteiger partial charge < -0.3 is 9.47 Å². The molecule has 0 aliphatic carbocycles. The highest BCUT2D eigenvalue weighted by Gasteiger charge is 2.06. The second kappa shape index (κ2) is 6.17. The zero-order valence-electron chi connectivity index (χ0n) is 6.86. The molecule has 0 aromatic rings. The molecular weight excluding hydrogens is 276 g/mol. The molecule has 2 nitrogen and oxygen atoms in total. The SMILES string of the molecule is COC(CC(C)=C(Br)Br)OC. The predicted molar refractivity (Wildman–Crippen MR) is 53.0 cm³/mol. The minimum absolute atomic E-state index is 0.153. The van der Waals surface area contributed by atoms with Crippen LogP contribution in [0.2, 0.25) is 0 Å². The topological polar surface area (TPSA) is 18.5 Å². The van der Waals surface area contributed by atoms with Crippen LogP contribution in [0, 0.1) is 0 Å². The van der Waals surface area contributed by atoms with E-state index in [0.717, 1.165) is 9.81 Å². The minimum Gasteiger partial charge on any atom is -0.356 e. The maximum atomic E-state index is 5.02. The second-order valence-corrected chi connectivity index (χ2v) is 4.80. The van der Waals surface area contributed by atoms with Crippen LogP contribution in [0.4, 0.5) is 0 Å². The van der Waals surface area contributed by atoms with Crippen molar-refractivity contribution in [1.29, 1.82) is 0 Å². The lowest BCUT2D eigenvalue weighted by atomic mass is 10.2. The van der Waals surface area contributed by atoms with Gasteiger partial charge >= 0.3 is 0 Å². The number of halogens is 2. The summed E-state index contributed by atoms with van der Waals surface area (Å²) in [5, 5.41) is 0. The van der Waals surface area contributed by atoms with Crippen molar-refractivity contribution in [3.63, 3.8) is 0 Å². The van der Waals surface area contributed by atoms with E-state index < -0.39 is 0 Å². The molecule has 11 heavy (non-hydrogen) atoms. The van der Waals surface area contributed by atoms with Crippen molar-refractivity contribution in [3.8, 4) is 0 Å².